The van der Waals surface area contributed by atoms with Crippen molar-refractivity contribution in [3.63, 3.8) is 0 Å². The molecule has 0 aromatic heterocycles. The van der Waals surface area contributed by atoms with Crippen molar-refractivity contribution in [1.29, 1.82) is 0 Å². The van der Waals surface area contributed by atoms with Crippen molar-refractivity contribution in [3.05, 3.63) is 0 Å². The molecule has 0 saturated carbocycles. The Morgan fingerprint density at radius 1 is 0.538 bits per heavy atom. The molecule has 0 spiro atoms. The van der Waals surface area contributed by atoms with Crippen LogP contribution in [-0.2, 0) is 9.59 Å². The van der Waals surface area contributed by atoms with E-state index in [9.17, 15) is 9.59 Å². The van der Waals surface area contributed by atoms with E-state index < -0.39 is 11.9 Å². The first kappa shape index (κ1) is 21.1. The summed E-state index contributed by atoms with van der Waals surface area (Å²) >= 11 is 0. The molecule has 2 atom stereocenters. The minimum absolute atomic E-state index is 0.111. The highest BCUT2D eigenvalue weighted by molar-refractivity contribution is 5.69. The monoisotopic (exact) mass is 370 g/mol. The summed E-state index contributed by atoms with van der Waals surface area (Å²) in [6.07, 6.45) is 4.12. The number of aliphatic carboxylic acids is 2. The fourth-order valence-corrected chi connectivity index (χ4v) is 3.87. The SMILES string of the molecule is O=C(O)CN1CCCCN2CCCN(CCCN(CC(=O)O)CC2)CC1. The standard InChI is InChI=1S/C18H34N4O4/c23-17(24)15-21-6-2-1-5-19-7-3-8-20(12-13-21)9-4-10-22(14-11-19)16-18(25)26/h1-16H2,(H,23,24)(H,25,26). The summed E-state index contributed by atoms with van der Waals surface area (Å²) in [6, 6.07) is 0. The van der Waals surface area contributed by atoms with E-state index in [1.165, 1.54) is 0 Å². The van der Waals surface area contributed by atoms with Crippen LogP contribution >= 0.6 is 0 Å². The van der Waals surface area contributed by atoms with E-state index in [-0.39, 0.29) is 13.1 Å². The van der Waals surface area contributed by atoms with Crippen molar-refractivity contribution in [2.45, 2.75) is 25.7 Å². The summed E-state index contributed by atoms with van der Waals surface area (Å²) in [5.41, 5.74) is 0. The quantitative estimate of drug-likeness (QED) is 0.712. The molecule has 2 unspecified atom stereocenters. The van der Waals surface area contributed by atoms with Gasteiger partial charge in [0, 0.05) is 32.7 Å². The number of fused-ring (bicyclic) bond motifs is 4. The number of carbonyl (C=O) groups is 2. The molecule has 8 heteroatoms. The predicted octanol–water partition coefficient (Wildman–Crippen LogP) is -0.0488. The first-order chi connectivity index (χ1) is 12.5. The van der Waals surface area contributed by atoms with E-state index in [0.717, 1.165) is 91.1 Å². The molecule has 2 aliphatic rings. The Morgan fingerprint density at radius 2 is 0.923 bits per heavy atom. The Labute approximate surface area is 156 Å². The number of carboxylic acid groups (broad SMARTS) is 2. The van der Waals surface area contributed by atoms with Crippen LogP contribution in [0.2, 0.25) is 0 Å². The van der Waals surface area contributed by atoms with Gasteiger partial charge in [0.2, 0.25) is 0 Å². The van der Waals surface area contributed by atoms with Gasteiger partial charge < -0.3 is 20.0 Å². The first-order valence-electron chi connectivity index (χ1n) is 9.86. The van der Waals surface area contributed by atoms with Gasteiger partial charge in [0.15, 0.2) is 0 Å². The van der Waals surface area contributed by atoms with Gasteiger partial charge in [-0.2, -0.15) is 0 Å². The van der Waals surface area contributed by atoms with Gasteiger partial charge in [-0.1, -0.05) is 0 Å². The Bertz CT molecular complexity index is 449. The largest absolute Gasteiger partial charge is 0.480 e. The van der Waals surface area contributed by atoms with Crippen LogP contribution in [-0.4, -0.2) is 120 Å². The Kier molecular flexibility index (Phi) is 9.31. The van der Waals surface area contributed by atoms with Crippen LogP contribution in [0.25, 0.3) is 0 Å². The fraction of sp³-hybridized carbons (Fsp3) is 0.889. The van der Waals surface area contributed by atoms with Crippen LogP contribution in [0.4, 0.5) is 0 Å². The lowest BCUT2D eigenvalue weighted by atomic mass is 10.2. The second-order valence-corrected chi connectivity index (χ2v) is 7.44. The predicted molar refractivity (Wildman–Crippen MR) is 99.5 cm³/mol. The maximum atomic E-state index is 11.1. The highest BCUT2D eigenvalue weighted by Gasteiger charge is 2.18. The molecule has 2 heterocycles. The van der Waals surface area contributed by atoms with Crippen LogP contribution in [0, 0.1) is 0 Å². The summed E-state index contributed by atoms with van der Waals surface area (Å²) in [7, 11) is 0. The minimum Gasteiger partial charge on any atom is -0.480 e. The number of rotatable bonds is 4. The highest BCUT2D eigenvalue weighted by Crippen LogP contribution is 2.07. The van der Waals surface area contributed by atoms with Crippen molar-refractivity contribution in [1.82, 2.24) is 19.6 Å². The summed E-state index contributed by atoms with van der Waals surface area (Å²) in [4.78, 5) is 31.2. The molecule has 2 rings (SSSR count). The number of carboxylic acids is 2. The summed E-state index contributed by atoms with van der Waals surface area (Å²) in [5, 5.41) is 18.3. The molecule has 0 amide bonds. The van der Waals surface area contributed by atoms with Crippen LogP contribution in [0.3, 0.4) is 0 Å². The fourth-order valence-electron chi connectivity index (χ4n) is 3.87. The van der Waals surface area contributed by atoms with E-state index in [1.807, 2.05) is 0 Å². The van der Waals surface area contributed by atoms with E-state index in [2.05, 4.69) is 19.6 Å². The first-order valence-corrected chi connectivity index (χ1v) is 9.86. The van der Waals surface area contributed by atoms with E-state index in [4.69, 9.17) is 10.2 Å². The smallest absolute Gasteiger partial charge is 0.317 e. The molecule has 2 N–H and O–H groups in total. The minimum atomic E-state index is -0.759. The average Bonchev–Trinajstić information content (AvgIpc) is 2.60. The lowest BCUT2D eigenvalue weighted by Crippen LogP contribution is -2.40. The molecule has 0 radical (unpaired) electrons. The summed E-state index contributed by atoms with van der Waals surface area (Å²) in [5.74, 6) is -1.52. The molecule has 8 nitrogen and oxygen atoms in total. The van der Waals surface area contributed by atoms with E-state index in [1.54, 1.807) is 0 Å². The third-order valence-corrected chi connectivity index (χ3v) is 5.28. The van der Waals surface area contributed by atoms with Gasteiger partial charge in [0.1, 0.15) is 0 Å². The summed E-state index contributed by atoms with van der Waals surface area (Å²) in [6.45, 7) is 9.26. The van der Waals surface area contributed by atoms with Gasteiger partial charge >= 0.3 is 11.9 Å². The molecular formula is C18H34N4O4. The van der Waals surface area contributed by atoms with Crippen molar-refractivity contribution < 1.29 is 19.8 Å². The lowest BCUT2D eigenvalue weighted by Gasteiger charge is -2.29. The molecule has 26 heavy (non-hydrogen) atoms. The molecule has 150 valence electrons. The zero-order valence-corrected chi connectivity index (χ0v) is 15.8. The zero-order chi connectivity index (χ0) is 18.8. The number of hydrogen-bond acceptors (Lipinski definition) is 6. The molecule has 0 aromatic carbocycles. The number of hydrogen-bond donors (Lipinski definition) is 2. The number of nitrogens with zero attached hydrogens (tertiary/aromatic N) is 4. The maximum absolute atomic E-state index is 11.1. The Hall–Kier alpha value is -1.22. The van der Waals surface area contributed by atoms with Crippen molar-refractivity contribution in [2.75, 3.05) is 78.5 Å². The lowest BCUT2D eigenvalue weighted by molar-refractivity contribution is -0.139. The maximum Gasteiger partial charge on any atom is 0.317 e. The van der Waals surface area contributed by atoms with Gasteiger partial charge in [0.25, 0.3) is 0 Å². The molecule has 0 aliphatic carbocycles. The highest BCUT2D eigenvalue weighted by atomic mass is 16.4. The summed E-state index contributed by atoms with van der Waals surface area (Å²) < 4.78 is 0. The second kappa shape index (κ2) is 11.5. The molecule has 2 bridgehead atoms. The zero-order valence-electron chi connectivity index (χ0n) is 15.8. The van der Waals surface area contributed by atoms with Gasteiger partial charge in [-0.3, -0.25) is 19.4 Å². The molecular weight excluding hydrogens is 336 g/mol. The molecule has 0 aromatic rings. The van der Waals surface area contributed by atoms with Crippen LogP contribution in [0.5, 0.6) is 0 Å². The topological polar surface area (TPSA) is 87.6 Å². The third kappa shape index (κ3) is 8.44. The van der Waals surface area contributed by atoms with Crippen LogP contribution < -0.4 is 0 Å². The van der Waals surface area contributed by atoms with Gasteiger partial charge in [0.05, 0.1) is 13.1 Å². The molecule has 2 aliphatic heterocycles. The normalized spacial score (nSPS) is 28.0. The molecule has 2 saturated heterocycles. The van der Waals surface area contributed by atoms with Crippen molar-refractivity contribution >= 4 is 11.9 Å². The average molecular weight is 370 g/mol. The van der Waals surface area contributed by atoms with Gasteiger partial charge in [-0.05, 0) is 58.4 Å². The van der Waals surface area contributed by atoms with Gasteiger partial charge in [-0.25, -0.2) is 0 Å². The van der Waals surface area contributed by atoms with Crippen molar-refractivity contribution in [2.24, 2.45) is 0 Å². The van der Waals surface area contributed by atoms with E-state index >= 15 is 0 Å². The molecule has 2 fully saturated rings. The van der Waals surface area contributed by atoms with Crippen molar-refractivity contribution in [3.8, 4) is 0 Å². The van der Waals surface area contributed by atoms with Gasteiger partial charge in [-0.15, -0.1) is 0 Å². The van der Waals surface area contributed by atoms with Crippen LogP contribution in [0.15, 0.2) is 0 Å². The van der Waals surface area contributed by atoms with Crippen LogP contribution in [0.1, 0.15) is 25.7 Å². The van der Waals surface area contributed by atoms with E-state index in [0.29, 0.717) is 0 Å². The third-order valence-electron chi connectivity index (χ3n) is 5.28. The Balaban J connectivity index is 2.01. The Morgan fingerprint density at radius 3 is 1.42 bits per heavy atom. The second-order valence-electron chi connectivity index (χ2n) is 7.44.